The number of rotatable bonds is 4. The molecule has 3 heterocycles. The molecule has 1 N–H and O–H groups in total. The number of carbonyl (C=O) groups is 2. The maximum atomic E-state index is 13.1. The average Bonchev–Trinajstić information content (AvgIpc) is 3.31. The van der Waals surface area contributed by atoms with Crippen LogP contribution in [-0.4, -0.2) is 64.2 Å². The van der Waals surface area contributed by atoms with Gasteiger partial charge in [-0.15, -0.1) is 11.3 Å². The van der Waals surface area contributed by atoms with Crippen molar-refractivity contribution in [2.75, 3.05) is 32.7 Å². The molecule has 0 saturated carbocycles. The van der Waals surface area contributed by atoms with E-state index in [4.69, 9.17) is 23.2 Å². The highest BCUT2D eigenvalue weighted by molar-refractivity contribution is 7.20. The van der Waals surface area contributed by atoms with E-state index < -0.39 is 0 Å². The van der Waals surface area contributed by atoms with E-state index in [2.05, 4.69) is 10.4 Å². The SMILES string of the molecule is CCNC(=O)N1CCN(C(=O)c2cc3c(C)nn(Cc4ccc(Cl)cc4Cl)c3s2)CC1. The number of fused-ring (bicyclic) bond motifs is 1. The summed E-state index contributed by atoms with van der Waals surface area (Å²) < 4.78 is 1.88. The quantitative estimate of drug-likeness (QED) is 0.607. The third kappa shape index (κ3) is 4.51. The maximum Gasteiger partial charge on any atom is 0.317 e. The molecule has 0 radical (unpaired) electrons. The maximum absolute atomic E-state index is 13.1. The van der Waals surface area contributed by atoms with E-state index in [0.717, 1.165) is 21.5 Å². The molecule has 10 heteroatoms. The van der Waals surface area contributed by atoms with E-state index in [9.17, 15) is 9.59 Å². The van der Waals surface area contributed by atoms with Crippen LogP contribution in [0.5, 0.6) is 0 Å². The van der Waals surface area contributed by atoms with E-state index in [-0.39, 0.29) is 11.9 Å². The lowest BCUT2D eigenvalue weighted by molar-refractivity contribution is 0.0670. The third-order valence-corrected chi connectivity index (χ3v) is 7.06. The fourth-order valence-electron chi connectivity index (χ4n) is 3.67. The van der Waals surface area contributed by atoms with Crippen LogP contribution in [0.15, 0.2) is 24.3 Å². The molecule has 7 nitrogen and oxygen atoms in total. The monoisotopic (exact) mass is 479 g/mol. The zero-order chi connectivity index (χ0) is 22.1. The van der Waals surface area contributed by atoms with Gasteiger partial charge in [-0.05, 0) is 37.6 Å². The highest BCUT2D eigenvalue weighted by atomic mass is 35.5. The van der Waals surface area contributed by atoms with E-state index >= 15 is 0 Å². The third-order valence-electron chi connectivity index (χ3n) is 5.34. The number of piperazine rings is 1. The summed E-state index contributed by atoms with van der Waals surface area (Å²) in [6.45, 7) is 7.04. The minimum absolute atomic E-state index is 0.00720. The molecule has 2 aromatic heterocycles. The summed E-state index contributed by atoms with van der Waals surface area (Å²) in [5, 5.41) is 9.58. The number of nitrogens with zero attached hydrogens (tertiary/aromatic N) is 4. The molecule has 164 valence electrons. The van der Waals surface area contributed by atoms with Gasteiger partial charge in [0.1, 0.15) is 4.83 Å². The lowest BCUT2D eigenvalue weighted by atomic mass is 10.2. The Labute approximate surface area is 194 Å². The van der Waals surface area contributed by atoms with Crippen molar-refractivity contribution in [1.82, 2.24) is 24.9 Å². The zero-order valence-electron chi connectivity index (χ0n) is 17.3. The highest BCUT2D eigenvalue weighted by Gasteiger charge is 2.26. The molecule has 1 saturated heterocycles. The Morgan fingerprint density at radius 3 is 2.52 bits per heavy atom. The van der Waals surface area contributed by atoms with Gasteiger partial charge >= 0.3 is 6.03 Å². The molecule has 3 amide bonds. The summed E-state index contributed by atoms with van der Waals surface area (Å²) in [5.74, 6) is -0.00720. The average molecular weight is 480 g/mol. The summed E-state index contributed by atoms with van der Waals surface area (Å²) in [6, 6.07) is 7.26. The molecule has 1 fully saturated rings. The van der Waals surface area contributed by atoms with Gasteiger partial charge in [0, 0.05) is 48.2 Å². The van der Waals surface area contributed by atoms with Crippen LogP contribution in [0, 0.1) is 6.92 Å². The molecule has 0 spiro atoms. The fourth-order valence-corrected chi connectivity index (χ4v) is 5.27. The number of aryl methyl sites for hydroxylation is 1. The lowest BCUT2D eigenvalue weighted by Crippen LogP contribution is -2.53. The van der Waals surface area contributed by atoms with E-state index in [1.54, 1.807) is 17.0 Å². The van der Waals surface area contributed by atoms with Gasteiger partial charge in [0.15, 0.2) is 0 Å². The number of benzene rings is 1. The number of aromatic nitrogens is 2. The van der Waals surface area contributed by atoms with Crippen molar-refractivity contribution < 1.29 is 9.59 Å². The second kappa shape index (κ2) is 9.06. The molecule has 31 heavy (non-hydrogen) atoms. The summed E-state index contributed by atoms with van der Waals surface area (Å²) >= 11 is 13.8. The standard InChI is InChI=1S/C21H23Cl2N5O2S/c1-3-24-21(30)27-8-6-26(7-9-27)19(29)18-11-16-13(2)25-28(20(16)31-18)12-14-4-5-15(22)10-17(14)23/h4-5,10-11H,3,6-9,12H2,1-2H3,(H,24,30). The minimum Gasteiger partial charge on any atom is -0.338 e. The number of hydrogen-bond donors (Lipinski definition) is 1. The van der Waals surface area contributed by atoms with E-state index in [1.165, 1.54) is 11.3 Å². The van der Waals surface area contributed by atoms with Gasteiger partial charge < -0.3 is 15.1 Å². The lowest BCUT2D eigenvalue weighted by Gasteiger charge is -2.34. The van der Waals surface area contributed by atoms with Crippen molar-refractivity contribution >= 4 is 56.7 Å². The number of amides is 3. The van der Waals surface area contributed by atoms with Crippen LogP contribution >= 0.6 is 34.5 Å². The number of hydrogen-bond acceptors (Lipinski definition) is 4. The molecular formula is C21H23Cl2N5O2S. The Hall–Kier alpha value is -2.29. The van der Waals surface area contributed by atoms with Gasteiger partial charge in [-0.25, -0.2) is 4.79 Å². The van der Waals surface area contributed by atoms with Crippen LogP contribution in [0.3, 0.4) is 0 Å². The predicted molar refractivity (Wildman–Crippen MR) is 124 cm³/mol. The first-order valence-corrected chi connectivity index (χ1v) is 11.7. The second-order valence-electron chi connectivity index (χ2n) is 7.42. The first-order valence-electron chi connectivity index (χ1n) is 10.1. The molecule has 1 aliphatic rings. The number of thiophene rings is 1. The van der Waals surface area contributed by atoms with Crippen LogP contribution in [0.1, 0.15) is 27.9 Å². The van der Waals surface area contributed by atoms with Gasteiger partial charge in [0.05, 0.1) is 17.1 Å². The van der Waals surface area contributed by atoms with Crippen molar-refractivity contribution in [3.63, 3.8) is 0 Å². The Kier molecular flexibility index (Phi) is 6.41. The Bertz CT molecular complexity index is 1130. The number of halogens is 2. The Morgan fingerprint density at radius 2 is 1.84 bits per heavy atom. The summed E-state index contributed by atoms with van der Waals surface area (Å²) in [6.07, 6.45) is 0. The first kappa shape index (κ1) is 21.9. The normalized spacial score (nSPS) is 14.3. The Morgan fingerprint density at radius 1 is 1.13 bits per heavy atom. The summed E-state index contributed by atoms with van der Waals surface area (Å²) in [4.78, 5) is 30.2. The summed E-state index contributed by atoms with van der Waals surface area (Å²) in [5.41, 5.74) is 1.79. The largest absolute Gasteiger partial charge is 0.338 e. The van der Waals surface area contributed by atoms with Crippen molar-refractivity contribution in [1.29, 1.82) is 0 Å². The van der Waals surface area contributed by atoms with Crippen LogP contribution in [-0.2, 0) is 6.54 Å². The van der Waals surface area contributed by atoms with Crippen LogP contribution in [0.25, 0.3) is 10.2 Å². The van der Waals surface area contributed by atoms with Crippen molar-refractivity contribution in [3.05, 3.63) is 50.4 Å². The Balaban J connectivity index is 1.51. The van der Waals surface area contributed by atoms with Crippen LogP contribution < -0.4 is 5.32 Å². The summed E-state index contributed by atoms with van der Waals surface area (Å²) in [7, 11) is 0. The first-order chi connectivity index (χ1) is 14.9. The molecule has 3 aromatic rings. The molecule has 0 unspecified atom stereocenters. The molecule has 4 rings (SSSR count). The van der Waals surface area contributed by atoms with Crippen molar-refractivity contribution in [3.8, 4) is 0 Å². The zero-order valence-corrected chi connectivity index (χ0v) is 19.6. The number of nitrogens with one attached hydrogen (secondary N) is 1. The second-order valence-corrected chi connectivity index (χ2v) is 9.30. The van der Waals surface area contributed by atoms with E-state index in [0.29, 0.717) is 54.2 Å². The van der Waals surface area contributed by atoms with Gasteiger partial charge in [-0.1, -0.05) is 29.3 Å². The molecule has 1 aromatic carbocycles. The van der Waals surface area contributed by atoms with Gasteiger partial charge in [-0.2, -0.15) is 5.10 Å². The molecule has 1 aliphatic heterocycles. The molecule has 0 atom stereocenters. The molecule has 0 bridgehead atoms. The fraction of sp³-hybridized carbons (Fsp3) is 0.381. The number of urea groups is 1. The van der Waals surface area contributed by atoms with E-state index in [1.807, 2.05) is 35.6 Å². The van der Waals surface area contributed by atoms with Crippen molar-refractivity contribution in [2.45, 2.75) is 20.4 Å². The van der Waals surface area contributed by atoms with Crippen LogP contribution in [0.4, 0.5) is 4.79 Å². The highest BCUT2D eigenvalue weighted by Crippen LogP contribution is 2.31. The van der Waals surface area contributed by atoms with Gasteiger partial charge in [0.2, 0.25) is 0 Å². The van der Waals surface area contributed by atoms with Gasteiger partial charge in [0.25, 0.3) is 5.91 Å². The number of carbonyl (C=O) groups excluding carboxylic acids is 2. The topological polar surface area (TPSA) is 70.5 Å². The minimum atomic E-state index is -0.0759. The van der Waals surface area contributed by atoms with Crippen molar-refractivity contribution in [2.24, 2.45) is 0 Å². The molecule has 0 aliphatic carbocycles. The van der Waals surface area contributed by atoms with Gasteiger partial charge in [-0.3, -0.25) is 9.48 Å². The predicted octanol–water partition coefficient (Wildman–Crippen LogP) is 4.25. The van der Waals surface area contributed by atoms with Crippen LogP contribution in [0.2, 0.25) is 10.0 Å². The molecular weight excluding hydrogens is 457 g/mol. The smallest absolute Gasteiger partial charge is 0.317 e.